The maximum Gasteiger partial charge on any atom is 0.196 e. The summed E-state index contributed by atoms with van der Waals surface area (Å²) in [5.41, 5.74) is 1.55. The van der Waals surface area contributed by atoms with Crippen molar-refractivity contribution in [3.63, 3.8) is 0 Å². The average Bonchev–Trinajstić information content (AvgIpc) is 3.02. The van der Waals surface area contributed by atoms with Gasteiger partial charge in [-0.1, -0.05) is 35.3 Å². The average molecular weight is 432 g/mol. The third kappa shape index (κ3) is 4.85. The highest BCUT2D eigenvalue weighted by molar-refractivity contribution is 6.35. The van der Waals surface area contributed by atoms with Crippen LogP contribution in [-0.2, 0) is 13.1 Å². The molecule has 29 heavy (non-hydrogen) atoms. The second-order valence-corrected chi connectivity index (χ2v) is 8.16. The summed E-state index contributed by atoms with van der Waals surface area (Å²) in [7, 11) is 7.84. The minimum atomic E-state index is -0.201. The van der Waals surface area contributed by atoms with Crippen molar-refractivity contribution in [1.29, 1.82) is 0 Å². The van der Waals surface area contributed by atoms with Crippen molar-refractivity contribution >= 4 is 29.0 Å². The molecule has 8 heteroatoms. The molecule has 0 radical (unpaired) electrons. The van der Waals surface area contributed by atoms with E-state index in [1.165, 1.54) is 0 Å². The molecule has 0 saturated carbocycles. The highest BCUT2D eigenvalue weighted by atomic mass is 35.5. The smallest absolute Gasteiger partial charge is 0.196 e. The van der Waals surface area contributed by atoms with Gasteiger partial charge in [-0.15, -0.1) is 10.2 Å². The first-order valence-electron chi connectivity index (χ1n) is 9.09. The van der Waals surface area contributed by atoms with Gasteiger partial charge < -0.3 is 9.80 Å². The number of aromatic nitrogens is 3. The monoisotopic (exact) mass is 431 g/mol. The number of carbonyl (C=O) groups is 1. The molecule has 3 aromatic rings. The molecule has 0 aliphatic heterocycles. The van der Waals surface area contributed by atoms with Crippen molar-refractivity contribution in [3.8, 4) is 5.69 Å². The quantitative estimate of drug-likeness (QED) is 0.530. The minimum absolute atomic E-state index is 0.201. The fourth-order valence-electron chi connectivity index (χ4n) is 3.08. The number of ketones is 1. The molecule has 1 heterocycles. The SMILES string of the molecule is CN(C)Cc1nnc(CN(C)C)n1-c1ccc(Cl)cc1C(=O)c1ccccc1Cl. The van der Waals surface area contributed by atoms with Crippen LogP contribution >= 0.6 is 23.2 Å². The van der Waals surface area contributed by atoms with E-state index < -0.39 is 0 Å². The van der Waals surface area contributed by atoms with Crippen molar-refractivity contribution in [3.05, 3.63) is 75.3 Å². The molecule has 1 aromatic heterocycles. The molecule has 152 valence electrons. The van der Waals surface area contributed by atoms with E-state index >= 15 is 0 Å². The van der Waals surface area contributed by atoms with Gasteiger partial charge in [-0.3, -0.25) is 9.36 Å². The predicted molar refractivity (Wildman–Crippen MR) is 116 cm³/mol. The van der Waals surface area contributed by atoms with Crippen molar-refractivity contribution in [1.82, 2.24) is 24.6 Å². The van der Waals surface area contributed by atoms with Gasteiger partial charge in [0, 0.05) is 16.1 Å². The highest BCUT2D eigenvalue weighted by Crippen LogP contribution is 2.27. The molecular weight excluding hydrogens is 409 g/mol. The van der Waals surface area contributed by atoms with E-state index in [1.807, 2.05) is 48.6 Å². The standard InChI is InChI=1S/C21H23Cl2N5O/c1-26(2)12-19-24-25-20(13-27(3)4)28(19)18-10-9-14(22)11-16(18)21(29)15-7-5-6-8-17(15)23/h5-11H,12-13H2,1-4H3. The van der Waals surface area contributed by atoms with E-state index in [0.29, 0.717) is 39.9 Å². The zero-order valence-electron chi connectivity index (χ0n) is 16.9. The molecule has 0 N–H and O–H groups in total. The van der Waals surface area contributed by atoms with Gasteiger partial charge in [-0.25, -0.2) is 0 Å². The first-order valence-corrected chi connectivity index (χ1v) is 9.85. The minimum Gasteiger partial charge on any atom is -0.302 e. The highest BCUT2D eigenvalue weighted by Gasteiger charge is 2.22. The van der Waals surface area contributed by atoms with Crippen molar-refractivity contribution < 1.29 is 4.79 Å². The van der Waals surface area contributed by atoms with Crippen molar-refractivity contribution in [2.24, 2.45) is 0 Å². The lowest BCUT2D eigenvalue weighted by molar-refractivity contribution is 0.103. The Kier molecular flexibility index (Phi) is 6.70. The summed E-state index contributed by atoms with van der Waals surface area (Å²) in [5, 5.41) is 9.62. The number of nitrogens with zero attached hydrogens (tertiary/aromatic N) is 5. The molecular formula is C21H23Cl2N5O. The molecule has 0 unspecified atom stereocenters. The third-order valence-corrected chi connectivity index (χ3v) is 4.84. The predicted octanol–water partition coefficient (Wildman–Crippen LogP) is 3.93. The summed E-state index contributed by atoms with van der Waals surface area (Å²) in [6.07, 6.45) is 0. The maximum absolute atomic E-state index is 13.4. The summed E-state index contributed by atoms with van der Waals surface area (Å²) in [5.74, 6) is 1.28. The van der Waals surface area contributed by atoms with Crippen LogP contribution in [0.4, 0.5) is 0 Å². The number of rotatable bonds is 7. The van der Waals surface area contributed by atoms with E-state index in [4.69, 9.17) is 23.2 Å². The van der Waals surface area contributed by atoms with Gasteiger partial charge >= 0.3 is 0 Å². The van der Waals surface area contributed by atoms with E-state index in [9.17, 15) is 4.79 Å². The Morgan fingerprint density at radius 2 is 1.48 bits per heavy atom. The first kappa shape index (κ1) is 21.5. The van der Waals surface area contributed by atoms with E-state index in [0.717, 1.165) is 11.6 Å². The molecule has 0 aliphatic carbocycles. The van der Waals surface area contributed by atoms with Gasteiger partial charge in [0.2, 0.25) is 0 Å². The lowest BCUT2D eigenvalue weighted by Crippen LogP contribution is -2.20. The van der Waals surface area contributed by atoms with Crippen molar-refractivity contribution in [2.75, 3.05) is 28.2 Å². The van der Waals surface area contributed by atoms with E-state index in [2.05, 4.69) is 10.2 Å². The molecule has 0 aliphatic rings. The van der Waals surface area contributed by atoms with Gasteiger partial charge in [-0.2, -0.15) is 0 Å². The number of halogens is 2. The molecule has 0 spiro atoms. The Labute approximate surface area is 180 Å². The van der Waals surface area contributed by atoms with Crippen molar-refractivity contribution in [2.45, 2.75) is 13.1 Å². The van der Waals surface area contributed by atoms with Gasteiger partial charge in [0.1, 0.15) is 0 Å². The van der Waals surface area contributed by atoms with Gasteiger partial charge in [0.05, 0.1) is 23.8 Å². The summed E-state index contributed by atoms with van der Waals surface area (Å²) in [6, 6.07) is 12.3. The Hall–Kier alpha value is -2.25. The fourth-order valence-corrected chi connectivity index (χ4v) is 3.47. The zero-order valence-corrected chi connectivity index (χ0v) is 18.4. The number of carbonyl (C=O) groups excluding carboxylic acids is 1. The molecule has 2 aromatic carbocycles. The molecule has 3 rings (SSSR count). The molecule has 0 saturated heterocycles. The lowest BCUT2D eigenvalue weighted by Gasteiger charge is -2.18. The van der Waals surface area contributed by atoms with E-state index in [1.54, 1.807) is 36.4 Å². The van der Waals surface area contributed by atoms with Crippen LogP contribution in [0.2, 0.25) is 10.0 Å². The Morgan fingerprint density at radius 1 is 0.897 bits per heavy atom. The van der Waals surface area contributed by atoms with Crippen LogP contribution in [0.15, 0.2) is 42.5 Å². The second-order valence-electron chi connectivity index (χ2n) is 7.31. The van der Waals surface area contributed by atoms with Crippen LogP contribution in [0, 0.1) is 0 Å². The fraction of sp³-hybridized carbons (Fsp3) is 0.286. The molecule has 0 amide bonds. The van der Waals surface area contributed by atoms with Crippen LogP contribution in [0.5, 0.6) is 0 Å². The Bertz CT molecular complexity index is 1000. The topological polar surface area (TPSA) is 54.3 Å². The number of hydrogen-bond donors (Lipinski definition) is 0. The molecule has 6 nitrogen and oxygen atoms in total. The lowest BCUT2D eigenvalue weighted by atomic mass is 10.0. The van der Waals surface area contributed by atoms with Crippen LogP contribution in [-0.4, -0.2) is 58.5 Å². The number of hydrogen-bond acceptors (Lipinski definition) is 5. The summed E-state index contributed by atoms with van der Waals surface area (Å²) in [4.78, 5) is 17.4. The summed E-state index contributed by atoms with van der Waals surface area (Å²) >= 11 is 12.5. The normalized spacial score (nSPS) is 11.4. The van der Waals surface area contributed by atoms with Crippen LogP contribution in [0.25, 0.3) is 5.69 Å². The third-order valence-electron chi connectivity index (χ3n) is 4.28. The van der Waals surface area contributed by atoms with Gasteiger partial charge in [0.25, 0.3) is 0 Å². The Morgan fingerprint density at radius 3 is 2.03 bits per heavy atom. The van der Waals surface area contributed by atoms with Crippen LogP contribution in [0.3, 0.4) is 0 Å². The zero-order chi connectivity index (χ0) is 21.1. The maximum atomic E-state index is 13.4. The van der Waals surface area contributed by atoms with Gasteiger partial charge in [0.15, 0.2) is 17.4 Å². The molecule has 0 fully saturated rings. The summed E-state index contributed by atoms with van der Waals surface area (Å²) < 4.78 is 1.93. The van der Waals surface area contributed by atoms with Crippen LogP contribution < -0.4 is 0 Å². The van der Waals surface area contributed by atoms with E-state index in [-0.39, 0.29) is 5.78 Å². The summed E-state index contributed by atoms with van der Waals surface area (Å²) in [6.45, 7) is 1.14. The molecule has 0 bridgehead atoms. The Balaban J connectivity index is 2.21. The molecule has 0 atom stereocenters. The van der Waals surface area contributed by atoms with Gasteiger partial charge in [-0.05, 0) is 58.5 Å². The largest absolute Gasteiger partial charge is 0.302 e. The van der Waals surface area contributed by atoms with Crippen LogP contribution in [0.1, 0.15) is 27.6 Å². The first-order chi connectivity index (χ1) is 13.8. The second kappa shape index (κ2) is 9.05. The number of benzene rings is 2.